The van der Waals surface area contributed by atoms with Crippen molar-refractivity contribution in [2.45, 2.75) is 51.2 Å². The molecule has 0 amide bonds. The summed E-state index contributed by atoms with van der Waals surface area (Å²) in [4.78, 5) is 25.6. The first-order valence-electron chi connectivity index (χ1n) is 10.9. The van der Waals surface area contributed by atoms with E-state index in [1.807, 2.05) is 6.08 Å². The lowest BCUT2D eigenvalue weighted by Crippen LogP contribution is -2.36. The van der Waals surface area contributed by atoms with E-state index >= 15 is 4.39 Å². The number of alkyl halides is 1. The van der Waals surface area contributed by atoms with Crippen LogP contribution in [0.4, 0.5) is 4.39 Å². The van der Waals surface area contributed by atoms with Gasteiger partial charge in [-0.15, -0.1) is 0 Å². The third kappa shape index (κ3) is 4.07. The highest BCUT2D eigenvalue weighted by Crippen LogP contribution is 2.43. The standard InChI is InChI=1S/C26H28FNO5/c1-14-15-11-8-12-32-22(15)19(27)13-18(14)20-16-9-6-7-10-17(16)24(29)28(5)21(20)23(25(30)31)33-26(2,3)4/h6-7,9-11,13,19,22-23H,1,8,12H2,2-5H3,(H,30,31)/t19-,22-,23-/m0/s1. The molecule has 6 nitrogen and oxygen atoms in total. The number of aromatic nitrogens is 1. The van der Waals surface area contributed by atoms with Crippen LogP contribution in [0.3, 0.4) is 0 Å². The molecular formula is C26H28FNO5. The summed E-state index contributed by atoms with van der Waals surface area (Å²) in [5.41, 5.74) is 1.06. The predicted molar refractivity (Wildman–Crippen MR) is 125 cm³/mol. The molecule has 0 fully saturated rings. The van der Waals surface area contributed by atoms with E-state index in [-0.39, 0.29) is 11.3 Å². The molecule has 1 aliphatic heterocycles. The molecule has 2 heterocycles. The van der Waals surface area contributed by atoms with Gasteiger partial charge in [-0.3, -0.25) is 4.79 Å². The molecule has 0 saturated heterocycles. The Hall–Kier alpha value is -3.03. The number of hydrogen-bond acceptors (Lipinski definition) is 4. The average molecular weight is 454 g/mol. The Labute approximate surface area is 191 Å². The van der Waals surface area contributed by atoms with E-state index in [4.69, 9.17) is 9.47 Å². The van der Waals surface area contributed by atoms with Gasteiger partial charge in [0.05, 0.1) is 17.9 Å². The number of halogens is 1. The Morgan fingerprint density at radius 3 is 2.61 bits per heavy atom. The van der Waals surface area contributed by atoms with Crippen LogP contribution in [-0.4, -0.2) is 40.1 Å². The number of carbonyl (C=O) groups is 1. The molecule has 0 unspecified atom stereocenters. The number of nitrogens with zero attached hydrogens (tertiary/aromatic N) is 1. The van der Waals surface area contributed by atoms with Gasteiger partial charge in [-0.1, -0.05) is 30.9 Å². The fourth-order valence-corrected chi connectivity index (χ4v) is 4.56. The fourth-order valence-electron chi connectivity index (χ4n) is 4.56. The number of rotatable bonds is 4. The van der Waals surface area contributed by atoms with Crippen molar-refractivity contribution in [1.82, 2.24) is 4.57 Å². The van der Waals surface area contributed by atoms with E-state index in [1.165, 1.54) is 17.7 Å². The summed E-state index contributed by atoms with van der Waals surface area (Å²) < 4.78 is 28.1. The van der Waals surface area contributed by atoms with E-state index in [2.05, 4.69) is 6.58 Å². The van der Waals surface area contributed by atoms with Crippen LogP contribution in [0.15, 0.2) is 58.9 Å². The summed E-state index contributed by atoms with van der Waals surface area (Å²) >= 11 is 0. The Kier molecular flexibility index (Phi) is 5.88. The first-order valence-corrected chi connectivity index (χ1v) is 10.9. The lowest BCUT2D eigenvalue weighted by Gasteiger charge is -2.35. The Bertz CT molecular complexity index is 1260. The van der Waals surface area contributed by atoms with Crippen LogP contribution in [0.2, 0.25) is 0 Å². The molecule has 0 radical (unpaired) electrons. The van der Waals surface area contributed by atoms with Gasteiger partial charge in [0.1, 0.15) is 12.3 Å². The molecule has 174 valence electrons. The van der Waals surface area contributed by atoms with Crippen molar-refractivity contribution >= 4 is 22.3 Å². The first-order chi connectivity index (χ1) is 15.5. The summed E-state index contributed by atoms with van der Waals surface area (Å²) in [6.45, 7) is 9.87. The number of fused-ring (bicyclic) bond motifs is 2. The smallest absolute Gasteiger partial charge is 0.339 e. The van der Waals surface area contributed by atoms with Gasteiger partial charge in [-0.2, -0.15) is 0 Å². The van der Waals surface area contributed by atoms with Gasteiger partial charge < -0.3 is 19.1 Å². The number of carboxylic acid groups (broad SMARTS) is 1. The maximum Gasteiger partial charge on any atom is 0.339 e. The van der Waals surface area contributed by atoms with Crippen molar-refractivity contribution in [1.29, 1.82) is 0 Å². The second kappa shape index (κ2) is 8.39. The molecule has 3 atom stereocenters. The number of benzene rings is 1. The second-order valence-electron chi connectivity index (χ2n) is 9.36. The minimum Gasteiger partial charge on any atom is -0.479 e. The molecule has 7 heteroatoms. The Morgan fingerprint density at radius 2 is 1.97 bits per heavy atom. The van der Waals surface area contributed by atoms with E-state index in [9.17, 15) is 14.7 Å². The molecule has 0 spiro atoms. The van der Waals surface area contributed by atoms with Gasteiger partial charge in [0, 0.05) is 18.0 Å². The number of ether oxygens (including phenoxy) is 2. The number of hydrogen-bond donors (Lipinski definition) is 1. The van der Waals surface area contributed by atoms with Crippen molar-refractivity contribution in [2.24, 2.45) is 7.05 Å². The molecule has 1 aromatic heterocycles. The summed E-state index contributed by atoms with van der Waals surface area (Å²) in [6, 6.07) is 6.92. The first kappa shape index (κ1) is 23.1. The number of carboxylic acids is 1. The lowest BCUT2D eigenvalue weighted by molar-refractivity contribution is -0.161. The molecule has 2 aliphatic rings. The van der Waals surface area contributed by atoms with E-state index in [1.54, 1.807) is 45.0 Å². The molecule has 0 saturated carbocycles. The van der Waals surface area contributed by atoms with Crippen LogP contribution in [-0.2, 0) is 21.3 Å². The van der Waals surface area contributed by atoms with Crippen LogP contribution in [0.1, 0.15) is 44.6 Å². The van der Waals surface area contributed by atoms with Crippen molar-refractivity contribution in [2.75, 3.05) is 6.61 Å². The van der Waals surface area contributed by atoms with E-state index in [0.717, 1.165) is 0 Å². The summed E-state index contributed by atoms with van der Waals surface area (Å²) in [6.07, 6.45) is 0.340. The van der Waals surface area contributed by atoms with Crippen molar-refractivity contribution in [3.63, 3.8) is 0 Å². The van der Waals surface area contributed by atoms with Crippen molar-refractivity contribution in [3.8, 4) is 0 Å². The number of pyridine rings is 1. The third-order valence-electron chi connectivity index (χ3n) is 5.94. The maximum atomic E-state index is 15.3. The average Bonchev–Trinajstić information content (AvgIpc) is 2.77. The zero-order valence-electron chi connectivity index (χ0n) is 19.2. The van der Waals surface area contributed by atoms with E-state index < -0.39 is 29.9 Å². The van der Waals surface area contributed by atoms with Crippen LogP contribution in [0.5, 0.6) is 0 Å². The van der Waals surface area contributed by atoms with Crippen LogP contribution >= 0.6 is 0 Å². The SMILES string of the molecule is C=C1C(c2c([C@H](OC(C)(C)C)C(=O)O)n(C)c(=O)c3ccccc23)=C[C@H](F)[C@H]2OCCC=C12. The molecule has 4 rings (SSSR count). The van der Waals surface area contributed by atoms with Gasteiger partial charge in [-0.25, -0.2) is 9.18 Å². The van der Waals surface area contributed by atoms with Gasteiger partial charge in [-0.05, 0) is 61.4 Å². The van der Waals surface area contributed by atoms with Crippen LogP contribution in [0, 0.1) is 0 Å². The molecule has 0 bridgehead atoms. The normalized spacial score (nSPS) is 21.9. The topological polar surface area (TPSA) is 77.8 Å². The number of allylic oxidation sites excluding steroid dienone is 1. The molecule has 33 heavy (non-hydrogen) atoms. The molecule has 2 aromatic rings. The van der Waals surface area contributed by atoms with Crippen molar-refractivity contribution < 1.29 is 23.8 Å². The quantitative estimate of drug-likeness (QED) is 0.738. The van der Waals surface area contributed by atoms with E-state index in [0.29, 0.717) is 46.1 Å². The minimum absolute atomic E-state index is 0.150. The second-order valence-corrected chi connectivity index (χ2v) is 9.36. The number of aliphatic carboxylic acids is 1. The molecule has 1 aromatic carbocycles. The highest BCUT2D eigenvalue weighted by Gasteiger charge is 2.38. The van der Waals surface area contributed by atoms with Gasteiger partial charge in [0.2, 0.25) is 0 Å². The monoisotopic (exact) mass is 453 g/mol. The van der Waals surface area contributed by atoms with Gasteiger partial charge in [0.25, 0.3) is 5.56 Å². The van der Waals surface area contributed by atoms with Crippen LogP contribution < -0.4 is 5.56 Å². The lowest BCUT2D eigenvalue weighted by atomic mass is 9.79. The molecule has 1 aliphatic carbocycles. The summed E-state index contributed by atoms with van der Waals surface area (Å²) in [5.74, 6) is -1.24. The largest absolute Gasteiger partial charge is 0.479 e. The highest BCUT2D eigenvalue weighted by atomic mass is 19.1. The molecule has 1 N–H and O–H groups in total. The molecular weight excluding hydrogens is 425 g/mol. The summed E-state index contributed by atoms with van der Waals surface area (Å²) in [7, 11) is 1.51. The highest BCUT2D eigenvalue weighted by molar-refractivity contribution is 6.01. The van der Waals surface area contributed by atoms with Crippen LogP contribution in [0.25, 0.3) is 16.3 Å². The predicted octanol–water partition coefficient (Wildman–Crippen LogP) is 4.49. The zero-order chi connectivity index (χ0) is 24.1. The van der Waals surface area contributed by atoms with Gasteiger partial charge in [0.15, 0.2) is 6.10 Å². The zero-order valence-corrected chi connectivity index (χ0v) is 19.2. The fraction of sp³-hybridized carbons (Fsp3) is 0.385. The van der Waals surface area contributed by atoms with Gasteiger partial charge >= 0.3 is 5.97 Å². The Balaban J connectivity index is 2.08. The third-order valence-corrected chi connectivity index (χ3v) is 5.94. The minimum atomic E-state index is -1.46. The van der Waals surface area contributed by atoms with Crippen molar-refractivity contribution in [3.05, 3.63) is 75.8 Å². The Morgan fingerprint density at radius 1 is 1.30 bits per heavy atom. The summed E-state index contributed by atoms with van der Waals surface area (Å²) in [5, 5.41) is 11.0. The maximum absolute atomic E-state index is 15.3.